The number of esters is 1. The van der Waals surface area contributed by atoms with Gasteiger partial charge in [0.1, 0.15) is 10.6 Å². The molecule has 0 spiro atoms. The van der Waals surface area contributed by atoms with E-state index in [-0.39, 0.29) is 16.4 Å². The lowest BCUT2D eigenvalue weighted by molar-refractivity contribution is 0.0526. The van der Waals surface area contributed by atoms with Gasteiger partial charge in [-0.15, -0.1) is 0 Å². The van der Waals surface area contributed by atoms with Crippen LogP contribution in [0.15, 0.2) is 58.5 Å². The maximum absolute atomic E-state index is 14.1. The molecule has 0 atom stereocenters. The van der Waals surface area contributed by atoms with E-state index in [4.69, 9.17) is 9.47 Å². The molecule has 0 unspecified atom stereocenters. The van der Waals surface area contributed by atoms with Crippen molar-refractivity contribution in [2.24, 2.45) is 0 Å². The molecule has 2 aromatic carbocycles. The van der Waals surface area contributed by atoms with E-state index in [1.54, 1.807) is 49.4 Å². The third kappa shape index (κ3) is 5.95. The van der Waals surface area contributed by atoms with Crippen molar-refractivity contribution < 1.29 is 22.7 Å². The average Bonchev–Trinajstić information content (AvgIpc) is 3.27. The summed E-state index contributed by atoms with van der Waals surface area (Å²) in [5, 5.41) is 0.644. The lowest BCUT2D eigenvalue weighted by Gasteiger charge is -2.40. The van der Waals surface area contributed by atoms with E-state index in [1.165, 1.54) is 31.9 Å². The summed E-state index contributed by atoms with van der Waals surface area (Å²) < 4.78 is 38.9. The average molecular weight is 566 g/mol. The van der Waals surface area contributed by atoms with Crippen LogP contribution in [0.3, 0.4) is 0 Å². The molecule has 3 heterocycles. The Morgan fingerprint density at radius 3 is 2.27 bits per heavy atom. The molecule has 0 bridgehead atoms. The van der Waals surface area contributed by atoms with Crippen LogP contribution < -0.4 is 9.64 Å². The van der Waals surface area contributed by atoms with Gasteiger partial charge in [0.2, 0.25) is 9.84 Å². The first-order valence-electron chi connectivity index (χ1n) is 14.5. The van der Waals surface area contributed by atoms with Crippen LogP contribution in [0.4, 0.5) is 5.69 Å². The minimum absolute atomic E-state index is 0.151. The molecule has 1 aromatic heterocycles. The number of ether oxygens (including phenoxy) is 2. The van der Waals surface area contributed by atoms with Crippen molar-refractivity contribution in [2.75, 3.05) is 44.3 Å². The smallest absolute Gasteiger partial charge is 0.338 e. The largest absolute Gasteiger partial charge is 0.494 e. The van der Waals surface area contributed by atoms with E-state index in [9.17, 15) is 13.2 Å². The van der Waals surface area contributed by atoms with Gasteiger partial charge in [0, 0.05) is 30.7 Å². The van der Waals surface area contributed by atoms with Crippen molar-refractivity contribution in [3.63, 3.8) is 0 Å². The summed E-state index contributed by atoms with van der Waals surface area (Å²) in [5.74, 6) is 0.183. The van der Waals surface area contributed by atoms with Crippen LogP contribution in [0.25, 0.3) is 10.9 Å². The van der Waals surface area contributed by atoms with Gasteiger partial charge < -0.3 is 19.3 Å². The van der Waals surface area contributed by atoms with Gasteiger partial charge in [-0.3, -0.25) is 4.98 Å². The van der Waals surface area contributed by atoms with E-state index in [0.29, 0.717) is 40.6 Å². The number of rotatable bonds is 8. The lowest BCUT2D eigenvalue weighted by Crippen LogP contribution is -2.45. The first-order chi connectivity index (χ1) is 19.4. The molecule has 3 aromatic rings. The van der Waals surface area contributed by atoms with Crippen LogP contribution in [0.5, 0.6) is 5.75 Å². The second-order valence-electron chi connectivity index (χ2n) is 10.5. The number of sulfone groups is 1. The summed E-state index contributed by atoms with van der Waals surface area (Å²) in [6.07, 6.45) is 8.48. The molecule has 2 aliphatic heterocycles. The summed E-state index contributed by atoms with van der Waals surface area (Å²) in [7, 11) is -3.91. The van der Waals surface area contributed by atoms with Gasteiger partial charge in [-0.2, -0.15) is 0 Å². The zero-order valence-corrected chi connectivity index (χ0v) is 24.3. The van der Waals surface area contributed by atoms with Crippen molar-refractivity contribution in [1.29, 1.82) is 0 Å². The van der Waals surface area contributed by atoms with Gasteiger partial charge >= 0.3 is 5.97 Å². The Hall–Kier alpha value is -3.17. The van der Waals surface area contributed by atoms with Gasteiger partial charge in [-0.25, -0.2) is 13.2 Å². The number of fused-ring (bicyclic) bond motifs is 1. The molecule has 0 radical (unpaired) electrons. The Bertz CT molecular complexity index is 1430. The molecule has 0 amide bonds. The molecule has 214 valence electrons. The van der Waals surface area contributed by atoms with Crippen LogP contribution in [-0.4, -0.2) is 69.7 Å². The summed E-state index contributed by atoms with van der Waals surface area (Å²) in [4.78, 5) is 22.3. The number of anilines is 1. The maximum Gasteiger partial charge on any atom is 0.338 e. The second-order valence-corrected chi connectivity index (χ2v) is 12.4. The van der Waals surface area contributed by atoms with Crippen molar-refractivity contribution in [3.8, 4) is 5.75 Å². The number of hydrogen-bond acceptors (Lipinski definition) is 8. The highest BCUT2D eigenvalue weighted by Crippen LogP contribution is 2.38. The fraction of sp³-hybridized carbons (Fsp3) is 0.484. The molecule has 0 saturated carbocycles. The van der Waals surface area contributed by atoms with Gasteiger partial charge in [-0.05, 0) is 95.1 Å². The maximum atomic E-state index is 14.1. The molecule has 9 heteroatoms. The molecule has 5 rings (SSSR count). The van der Waals surface area contributed by atoms with E-state index in [0.717, 1.165) is 39.0 Å². The van der Waals surface area contributed by atoms with Crippen LogP contribution in [0.1, 0.15) is 62.7 Å². The van der Waals surface area contributed by atoms with Crippen LogP contribution >= 0.6 is 0 Å². The first kappa shape index (κ1) is 28.4. The topological polar surface area (TPSA) is 89.0 Å². The SMILES string of the molecule is CCOC(=O)c1ccc2ncc(S(=O)(=O)c3ccc(OCC)cc3)c(N3CCC(N4CCCCCC4)CC3)c2c1. The third-order valence-electron chi connectivity index (χ3n) is 7.99. The number of likely N-dealkylation sites (tertiary alicyclic amines) is 1. The number of aromatic nitrogens is 1. The van der Waals surface area contributed by atoms with Gasteiger partial charge in [0.05, 0.1) is 34.9 Å². The summed E-state index contributed by atoms with van der Waals surface area (Å²) in [6.45, 7) is 8.16. The zero-order chi connectivity index (χ0) is 28.1. The lowest BCUT2D eigenvalue weighted by atomic mass is 10.0. The van der Waals surface area contributed by atoms with Crippen molar-refractivity contribution in [3.05, 3.63) is 54.2 Å². The van der Waals surface area contributed by atoms with Gasteiger partial charge in [0.25, 0.3) is 0 Å². The molecule has 0 aliphatic carbocycles. The Morgan fingerprint density at radius 2 is 1.62 bits per heavy atom. The monoisotopic (exact) mass is 565 g/mol. The highest BCUT2D eigenvalue weighted by molar-refractivity contribution is 7.91. The number of carbonyl (C=O) groups excluding carboxylic acids is 1. The van der Waals surface area contributed by atoms with Crippen LogP contribution in [0.2, 0.25) is 0 Å². The van der Waals surface area contributed by atoms with Crippen LogP contribution in [-0.2, 0) is 14.6 Å². The molecule has 40 heavy (non-hydrogen) atoms. The van der Waals surface area contributed by atoms with Crippen LogP contribution in [0, 0.1) is 0 Å². The predicted molar refractivity (Wildman–Crippen MR) is 156 cm³/mol. The number of piperidine rings is 1. The summed E-state index contributed by atoms with van der Waals surface area (Å²) in [6, 6.07) is 12.2. The van der Waals surface area contributed by atoms with Crippen molar-refractivity contribution >= 4 is 32.4 Å². The molecule has 2 saturated heterocycles. The van der Waals surface area contributed by atoms with Gasteiger partial charge in [0.15, 0.2) is 0 Å². The molecular formula is C31H39N3O5S. The third-order valence-corrected chi connectivity index (χ3v) is 9.76. The minimum atomic E-state index is -3.91. The van der Waals surface area contributed by atoms with E-state index in [1.807, 2.05) is 6.92 Å². The number of nitrogens with zero attached hydrogens (tertiary/aromatic N) is 3. The standard InChI is InChI=1S/C31H39N3O5S/c1-3-38-25-10-12-26(13-11-25)40(36,37)29-22-32-28-14-9-23(31(35)39-4-2)21-27(28)30(29)34-19-15-24(16-20-34)33-17-7-5-6-8-18-33/h9-14,21-22,24H,3-8,15-20H2,1-2H3. The Labute approximate surface area is 237 Å². The number of pyridine rings is 1. The highest BCUT2D eigenvalue weighted by Gasteiger charge is 2.31. The van der Waals surface area contributed by atoms with E-state index >= 15 is 0 Å². The van der Waals surface area contributed by atoms with Crippen molar-refractivity contribution in [2.45, 2.75) is 68.2 Å². The Kier molecular flexibility index (Phi) is 8.90. The van der Waals surface area contributed by atoms with E-state index in [2.05, 4.69) is 14.8 Å². The first-order valence-corrected chi connectivity index (χ1v) is 16.0. The Balaban J connectivity index is 1.55. The predicted octanol–water partition coefficient (Wildman–Crippen LogP) is 5.49. The van der Waals surface area contributed by atoms with Crippen molar-refractivity contribution in [1.82, 2.24) is 9.88 Å². The molecule has 2 aliphatic rings. The molecular weight excluding hydrogens is 526 g/mol. The summed E-state index contributed by atoms with van der Waals surface area (Å²) >= 11 is 0. The summed E-state index contributed by atoms with van der Waals surface area (Å²) in [5.41, 5.74) is 1.63. The number of carbonyl (C=O) groups is 1. The quantitative estimate of drug-likeness (QED) is 0.332. The normalized spacial score (nSPS) is 17.5. The van der Waals surface area contributed by atoms with E-state index < -0.39 is 15.8 Å². The molecule has 2 fully saturated rings. The Morgan fingerprint density at radius 1 is 0.925 bits per heavy atom. The fourth-order valence-corrected chi connectivity index (χ4v) is 7.38. The fourth-order valence-electron chi connectivity index (χ4n) is 5.95. The number of benzene rings is 2. The highest BCUT2D eigenvalue weighted by atomic mass is 32.2. The molecule has 0 N–H and O–H groups in total. The number of hydrogen-bond donors (Lipinski definition) is 0. The zero-order valence-electron chi connectivity index (χ0n) is 23.5. The van der Waals surface area contributed by atoms with Gasteiger partial charge in [-0.1, -0.05) is 12.8 Å². The molecule has 8 nitrogen and oxygen atoms in total. The second kappa shape index (κ2) is 12.6. The minimum Gasteiger partial charge on any atom is -0.494 e.